The fourth-order valence-electron chi connectivity index (χ4n) is 3.66. The fraction of sp³-hybridized carbons (Fsp3) is 0.381. The van der Waals surface area contributed by atoms with E-state index in [9.17, 15) is 4.79 Å². The molecule has 2 aromatic rings. The summed E-state index contributed by atoms with van der Waals surface area (Å²) in [6, 6.07) is 11.8. The van der Waals surface area contributed by atoms with E-state index in [1.54, 1.807) is 26.4 Å². The van der Waals surface area contributed by atoms with E-state index in [1.807, 2.05) is 11.0 Å². The minimum absolute atomic E-state index is 0.0412. The summed E-state index contributed by atoms with van der Waals surface area (Å²) < 4.78 is 10.8. The van der Waals surface area contributed by atoms with Crippen molar-refractivity contribution in [3.05, 3.63) is 53.1 Å². The van der Waals surface area contributed by atoms with Gasteiger partial charge in [0.05, 0.1) is 14.2 Å². The highest BCUT2D eigenvalue weighted by molar-refractivity contribution is 5.99. The summed E-state index contributed by atoms with van der Waals surface area (Å²) in [7, 11) is 3.15. The Morgan fingerprint density at radius 2 is 1.35 bits per heavy atom. The van der Waals surface area contributed by atoms with Gasteiger partial charge in [0.2, 0.25) is 0 Å². The Balaban J connectivity index is 1.78. The van der Waals surface area contributed by atoms with Crippen LogP contribution in [0.1, 0.15) is 21.5 Å². The monoisotopic (exact) mass is 354 g/mol. The van der Waals surface area contributed by atoms with Crippen LogP contribution in [0.25, 0.3) is 0 Å². The Kier molecular flexibility index (Phi) is 5.35. The summed E-state index contributed by atoms with van der Waals surface area (Å²) in [6.07, 6.45) is 0. The van der Waals surface area contributed by atoms with E-state index in [4.69, 9.17) is 9.47 Å². The number of rotatable bonds is 4. The third-order valence-corrected chi connectivity index (χ3v) is 4.96. The number of carbonyl (C=O) groups is 1. The van der Waals surface area contributed by atoms with Crippen molar-refractivity contribution in [3.8, 4) is 11.5 Å². The maximum atomic E-state index is 13.1. The van der Waals surface area contributed by atoms with E-state index in [-0.39, 0.29) is 5.91 Å². The van der Waals surface area contributed by atoms with Crippen molar-refractivity contribution in [1.82, 2.24) is 4.90 Å². The predicted octanol–water partition coefficient (Wildman–Crippen LogP) is 3.28. The molecule has 1 aliphatic heterocycles. The van der Waals surface area contributed by atoms with Crippen LogP contribution >= 0.6 is 0 Å². The van der Waals surface area contributed by atoms with Gasteiger partial charge in [-0.15, -0.1) is 0 Å². The number of benzene rings is 2. The maximum Gasteiger partial charge on any atom is 0.261 e. The Hall–Kier alpha value is -2.69. The van der Waals surface area contributed by atoms with Gasteiger partial charge in [-0.1, -0.05) is 24.3 Å². The Labute approximate surface area is 155 Å². The largest absolute Gasteiger partial charge is 0.496 e. The summed E-state index contributed by atoms with van der Waals surface area (Å²) >= 11 is 0. The zero-order valence-electron chi connectivity index (χ0n) is 15.9. The van der Waals surface area contributed by atoms with E-state index >= 15 is 0 Å². The molecule has 0 atom stereocenters. The van der Waals surface area contributed by atoms with Crippen molar-refractivity contribution >= 4 is 11.6 Å². The smallest absolute Gasteiger partial charge is 0.261 e. The van der Waals surface area contributed by atoms with Gasteiger partial charge in [-0.3, -0.25) is 4.79 Å². The first kappa shape index (κ1) is 18.1. The molecule has 0 aromatic heterocycles. The number of amides is 1. The van der Waals surface area contributed by atoms with Crippen molar-refractivity contribution < 1.29 is 14.3 Å². The number of aryl methyl sites for hydroxylation is 2. The fourth-order valence-corrected chi connectivity index (χ4v) is 3.66. The van der Waals surface area contributed by atoms with E-state index in [0.717, 1.165) is 13.1 Å². The third kappa shape index (κ3) is 3.34. The van der Waals surface area contributed by atoms with E-state index in [2.05, 4.69) is 36.9 Å². The first-order chi connectivity index (χ1) is 12.6. The van der Waals surface area contributed by atoms with E-state index in [0.29, 0.717) is 30.2 Å². The second-order valence-corrected chi connectivity index (χ2v) is 6.56. The van der Waals surface area contributed by atoms with Crippen LogP contribution in [0.2, 0.25) is 0 Å². The zero-order valence-corrected chi connectivity index (χ0v) is 15.9. The molecule has 2 aromatic carbocycles. The van der Waals surface area contributed by atoms with Crippen molar-refractivity contribution in [2.75, 3.05) is 45.3 Å². The molecule has 0 N–H and O–H groups in total. The Morgan fingerprint density at radius 3 is 1.85 bits per heavy atom. The van der Waals surface area contributed by atoms with Gasteiger partial charge in [-0.05, 0) is 37.1 Å². The molecule has 138 valence electrons. The zero-order chi connectivity index (χ0) is 18.7. The van der Waals surface area contributed by atoms with Crippen LogP contribution in [0.4, 0.5) is 5.69 Å². The number of para-hydroxylation sites is 1. The molecule has 5 nitrogen and oxygen atoms in total. The van der Waals surface area contributed by atoms with Crippen LogP contribution in [0.5, 0.6) is 11.5 Å². The van der Waals surface area contributed by atoms with Crippen LogP contribution < -0.4 is 14.4 Å². The molecule has 0 bridgehead atoms. The molecule has 26 heavy (non-hydrogen) atoms. The van der Waals surface area contributed by atoms with Gasteiger partial charge in [0.1, 0.15) is 17.1 Å². The summed E-state index contributed by atoms with van der Waals surface area (Å²) in [5.74, 6) is 1.05. The molecule has 0 aliphatic carbocycles. The SMILES string of the molecule is COc1cccc(OC)c1C(=O)N1CCN(c2c(C)cccc2C)CC1. The first-order valence-corrected chi connectivity index (χ1v) is 8.88. The van der Waals surface area contributed by atoms with Gasteiger partial charge in [-0.25, -0.2) is 0 Å². The molecular weight excluding hydrogens is 328 g/mol. The van der Waals surface area contributed by atoms with Crippen LogP contribution in [0, 0.1) is 13.8 Å². The van der Waals surface area contributed by atoms with Crippen molar-refractivity contribution in [3.63, 3.8) is 0 Å². The highest BCUT2D eigenvalue weighted by Gasteiger charge is 2.27. The van der Waals surface area contributed by atoms with Gasteiger partial charge < -0.3 is 19.3 Å². The van der Waals surface area contributed by atoms with E-state index in [1.165, 1.54) is 16.8 Å². The molecule has 5 heteroatoms. The number of hydrogen-bond donors (Lipinski definition) is 0. The molecule has 0 unspecified atom stereocenters. The van der Waals surface area contributed by atoms with Gasteiger partial charge >= 0.3 is 0 Å². The molecule has 1 fully saturated rings. The lowest BCUT2D eigenvalue weighted by molar-refractivity contribution is 0.0740. The van der Waals surface area contributed by atoms with Gasteiger partial charge in [0.15, 0.2) is 0 Å². The molecular formula is C21H26N2O3. The highest BCUT2D eigenvalue weighted by atomic mass is 16.5. The molecule has 0 spiro atoms. The molecule has 3 rings (SSSR count). The van der Waals surface area contributed by atoms with Gasteiger partial charge in [0.25, 0.3) is 5.91 Å². The molecule has 1 amide bonds. The lowest BCUT2D eigenvalue weighted by Crippen LogP contribution is -2.49. The van der Waals surface area contributed by atoms with Crippen molar-refractivity contribution in [1.29, 1.82) is 0 Å². The summed E-state index contributed by atoms with van der Waals surface area (Å²) in [4.78, 5) is 17.3. The molecule has 1 heterocycles. The summed E-state index contributed by atoms with van der Waals surface area (Å²) in [5, 5.41) is 0. The van der Waals surface area contributed by atoms with Crippen LogP contribution in [0.3, 0.4) is 0 Å². The van der Waals surface area contributed by atoms with E-state index < -0.39 is 0 Å². The quantitative estimate of drug-likeness (QED) is 0.845. The number of piperazine rings is 1. The topological polar surface area (TPSA) is 42.0 Å². The third-order valence-electron chi connectivity index (χ3n) is 4.96. The predicted molar refractivity (Wildman–Crippen MR) is 104 cm³/mol. The molecule has 1 aliphatic rings. The van der Waals surface area contributed by atoms with Crippen molar-refractivity contribution in [2.45, 2.75) is 13.8 Å². The van der Waals surface area contributed by atoms with Crippen LogP contribution in [-0.4, -0.2) is 51.2 Å². The minimum atomic E-state index is -0.0412. The second kappa shape index (κ2) is 7.68. The molecule has 0 saturated carbocycles. The summed E-state index contributed by atoms with van der Waals surface area (Å²) in [6.45, 7) is 7.25. The lowest BCUT2D eigenvalue weighted by atomic mass is 10.1. The van der Waals surface area contributed by atoms with Gasteiger partial charge in [-0.2, -0.15) is 0 Å². The lowest BCUT2D eigenvalue weighted by Gasteiger charge is -2.37. The Bertz CT molecular complexity index is 753. The van der Waals surface area contributed by atoms with Crippen LogP contribution in [-0.2, 0) is 0 Å². The maximum absolute atomic E-state index is 13.1. The number of methoxy groups -OCH3 is 2. The number of hydrogen-bond acceptors (Lipinski definition) is 4. The molecule has 0 radical (unpaired) electrons. The number of nitrogens with zero attached hydrogens (tertiary/aromatic N) is 2. The second-order valence-electron chi connectivity index (χ2n) is 6.56. The minimum Gasteiger partial charge on any atom is -0.496 e. The number of ether oxygens (including phenoxy) is 2. The Morgan fingerprint density at radius 1 is 0.846 bits per heavy atom. The average molecular weight is 354 g/mol. The normalized spacial score (nSPS) is 14.3. The van der Waals surface area contributed by atoms with Gasteiger partial charge in [0, 0.05) is 31.9 Å². The average Bonchev–Trinajstić information content (AvgIpc) is 2.67. The summed E-state index contributed by atoms with van der Waals surface area (Å²) in [5.41, 5.74) is 4.33. The first-order valence-electron chi connectivity index (χ1n) is 8.88. The van der Waals surface area contributed by atoms with Crippen molar-refractivity contribution in [2.24, 2.45) is 0 Å². The highest BCUT2D eigenvalue weighted by Crippen LogP contribution is 2.31. The molecule has 1 saturated heterocycles. The standard InChI is InChI=1S/C21H26N2O3/c1-15-7-5-8-16(2)20(15)22-11-13-23(14-12-22)21(24)19-17(25-3)9-6-10-18(19)26-4/h5-10H,11-14H2,1-4H3. The number of carbonyl (C=O) groups excluding carboxylic acids is 1. The van der Waals surface area contributed by atoms with Crippen LogP contribution in [0.15, 0.2) is 36.4 Å². The number of anilines is 1.